The molecule has 1 atom stereocenters. The molecule has 0 saturated carbocycles. The summed E-state index contributed by atoms with van der Waals surface area (Å²) in [7, 11) is 5.01. The van der Waals surface area contributed by atoms with E-state index in [1.165, 1.54) is 7.11 Å². The first kappa shape index (κ1) is 15.5. The van der Waals surface area contributed by atoms with E-state index in [9.17, 15) is 4.79 Å². The molecule has 0 heterocycles. The second kappa shape index (κ2) is 7.11. The Labute approximate surface area is 114 Å². The lowest BCUT2D eigenvalue weighted by Gasteiger charge is -2.25. The lowest BCUT2D eigenvalue weighted by molar-refractivity contribution is 0.0598. The van der Waals surface area contributed by atoms with Crippen LogP contribution in [0.15, 0.2) is 18.2 Å². The number of nitrogens with two attached hydrogens (primary N) is 1. The summed E-state index contributed by atoms with van der Waals surface area (Å²) in [6, 6.07) is 5.68. The van der Waals surface area contributed by atoms with Crippen molar-refractivity contribution in [3.05, 3.63) is 29.3 Å². The second-order valence-electron chi connectivity index (χ2n) is 4.59. The first-order valence-corrected chi connectivity index (χ1v) is 6.16. The van der Waals surface area contributed by atoms with Crippen molar-refractivity contribution in [3.8, 4) is 0 Å². The molecule has 2 N–H and O–H groups in total. The van der Waals surface area contributed by atoms with Gasteiger partial charge in [-0.3, -0.25) is 4.90 Å². The predicted molar refractivity (Wildman–Crippen MR) is 75.0 cm³/mol. The third kappa shape index (κ3) is 3.94. The number of carbonyl (C=O) groups excluding carboxylic acids is 1. The van der Waals surface area contributed by atoms with Gasteiger partial charge >= 0.3 is 5.97 Å². The number of likely N-dealkylation sites (N-methyl/N-ethyl adjacent to an activating group) is 1. The van der Waals surface area contributed by atoms with E-state index < -0.39 is 5.97 Å². The number of nitrogen functional groups attached to an aromatic ring is 1. The zero-order valence-electron chi connectivity index (χ0n) is 12.0. The molecule has 19 heavy (non-hydrogen) atoms. The van der Waals surface area contributed by atoms with Gasteiger partial charge in [-0.2, -0.15) is 0 Å². The van der Waals surface area contributed by atoms with Crippen molar-refractivity contribution in [2.45, 2.75) is 19.5 Å². The second-order valence-corrected chi connectivity index (χ2v) is 4.59. The van der Waals surface area contributed by atoms with Gasteiger partial charge in [-0.25, -0.2) is 4.79 Å². The van der Waals surface area contributed by atoms with E-state index in [4.69, 9.17) is 15.2 Å². The Morgan fingerprint density at radius 1 is 1.42 bits per heavy atom. The van der Waals surface area contributed by atoms with E-state index in [1.54, 1.807) is 13.2 Å². The minimum atomic E-state index is -0.402. The fraction of sp³-hybridized carbons (Fsp3) is 0.500. The maximum absolute atomic E-state index is 11.8. The predicted octanol–water partition coefficient (Wildman–Crippen LogP) is 1.52. The molecule has 1 unspecified atom stereocenters. The Balaban J connectivity index is 2.95. The van der Waals surface area contributed by atoms with Gasteiger partial charge in [0, 0.05) is 25.4 Å². The van der Waals surface area contributed by atoms with Gasteiger partial charge in [-0.05, 0) is 25.6 Å². The maximum atomic E-state index is 11.8. The molecule has 0 spiro atoms. The van der Waals surface area contributed by atoms with Gasteiger partial charge in [-0.1, -0.05) is 12.1 Å². The number of carbonyl (C=O) groups is 1. The van der Waals surface area contributed by atoms with Crippen molar-refractivity contribution in [2.24, 2.45) is 0 Å². The van der Waals surface area contributed by atoms with Gasteiger partial charge in [0.15, 0.2) is 0 Å². The highest BCUT2D eigenvalue weighted by Crippen LogP contribution is 2.20. The van der Waals surface area contributed by atoms with Crippen molar-refractivity contribution in [1.82, 2.24) is 4.90 Å². The maximum Gasteiger partial charge on any atom is 0.340 e. The molecule has 1 aromatic carbocycles. The number of esters is 1. The smallest absolute Gasteiger partial charge is 0.340 e. The van der Waals surface area contributed by atoms with E-state index >= 15 is 0 Å². The van der Waals surface area contributed by atoms with E-state index in [0.717, 1.165) is 5.56 Å². The molecule has 106 valence electrons. The Hall–Kier alpha value is -1.59. The molecule has 0 aromatic heterocycles. The fourth-order valence-corrected chi connectivity index (χ4v) is 1.90. The molecular formula is C14H22N2O3. The molecule has 0 aliphatic carbocycles. The number of hydrogen-bond acceptors (Lipinski definition) is 5. The van der Waals surface area contributed by atoms with Crippen LogP contribution in [-0.4, -0.2) is 44.8 Å². The standard InChI is InChI=1S/C14H22N2O3/c1-10(9-18-3)16(2)8-11-6-5-7-12(15)13(11)14(17)19-4/h5-7,10H,8-9,15H2,1-4H3. The number of methoxy groups -OCH3 is 2. The molecule has 0 aliphatic rings. The molecule has 1 rings (SSSR count). The summed E-state index contributed by atoms with van der Waals surface area (Å²) < 4.78 is 9.91. The van der Waals surface area contributed by atoms with Gasteiger partial charge in [0.05, 0.1) is 19.3 Å². The fourth-order valence-electron chi connectivity index (χ4n) is 1.90. The van der Waals surface area contributed by atoms with Crippen LogP contribution in [0.25, 0.3) is 0 Å². The minimum Gasteiger partial charge on any atom is -0.465 e. The molecular weight excluding hydrogens is 244 g/mol. The van der Waals surface area contributed by atoms with Crippen LogP contribution in [0.5, 0.6) is 0 Å². The SMILES string of the molecule is COCC(C)N(C)Cc1cccc(N)c1C(=O)OC. The monoisotopic (exact) mass is 266 g/mol. The molecule has 0 radical (unpaired) electrons. The van der Waals surface area contributed by atoms with Crippen LogP contribution in [0.1, 0.15) is 22.8 Å². The lowest BCUT2D eigenvalue weighted by atomic mass is 10.0. The summed E-state index contributed by atoms with van der Waals surface area (Å²) in [6.45, 7) is 3.31. The van der Waals surface area contributed by atoms with E-state index in [1.807, 2.05) is 19.2 Å². The largest absolute Gasteiger partial charge is 0.465 e. The Morgan fingerprint density at radius 2 is 2.11 bits per heavy atom. The summed E-state index contributed by atoms with van der Waals surface area (Å²) >= 11 is 0. The number of rotatable bonds is 6. The third-order valence-electron chi connectivity index (χ3n) is 3.15. The van der Waals surface area contributed by atoms with Crippen molar-refractivity contribution in [3.63, 3.8) is 0 Å². The van der Waals surface area contributed by atoms with E-state index in [-0.39, 0.29) is 6.04 Å². The van der Waals surface area contributed by atoms with Crippen molar-refractivity contribution in [2.75, 3.05) is 33.6 Å². The number of nitrogens with zero attached hydrogens (tertiary/aromatic N) is 1. The summed E-state index contributed by atoms with van der Waals surface area (Å²) in [5, 5.41) is 0. The van der Waals surface area contributed by atoms with Crippen LogP contribution in [0.4, 0.5) is 5.69 Å². The normalized spacial score (nSPS) is 12.5. The number of ether oxygens (including phenoxy) is 2. The number of benzene rings is 1. The first-order valence-electron chi connectivity index (χ1n) is 6.16. The van der Waals surface area contributed by atoms with Gasteiger partial charge in [0.25, 0.3) is 0 Å². The van der Waals surface area contributed by atoms with E-state index in [2.05, 4.69) is 11.8 Å². The van der Waals surface area contributed by atoms with Crippen LogP contribution < -0.4 is 5.73 Å². The average Bonchev–Trinajstić information content (AvgIpc) is 2.38. The molecule has 0 amide bonds. The lowest BCUT2D eigenvalue weighted by Crippen LogP contribution is -2.32. The summed E-state index contributed by atoms with van der Waals surface area (Å²) in [6.07, 6.45) is 0. The number of hydrogen-bond donors (Lipinski definition) is 1. The molecule has 0 saturated heterocycles. The summed E-state index contributed by atoms with van der Waals surface area (Å²) in [5.74, 6) is -0.402. The van der Waals surface area contributed by atoms with Crippen LogP contribution in [0.2, 0.25) is 0 Å². The molecule has 1 aromatic rings. The van der Waals surface area contributed by atoms with Crippen molar-refractivity contribution >= 4 is 11.7 Å². The van der Waals surface area contributed by atoms with Gasteiger partial charge in [0.2, 0.25) is 0 Å². The van der Waals surface area contributed by atoms with Gasteiger partial charge in [-0.15, -0.1) is 0 Å². The molecule has 5 nitrogen and oxygen atoms in total. The van der Waals surface area contributed by atoms with Crippen LogP contribution in [0, 0.1) is 0 Å². The van der Waals surface area contributed by atoms with Gasteiger partial charge < -0.3 is 15.2 Å². The van der Waals surface area contributed by atoms with Gasteiger partial charge in [0.1, 0.15) is 0 Å². The van der Waals surface area contributed by atoms with E-state index in [0.29, 0.717) is 24.4 Å². The number of anilines is 1. The van der Waals surface area contributed by atoms with Crippen molar-refractivity contribution < 1.29 is 14.3 Å². The molecule has 0 bridgehead atoms. The quantitative estimate of drug-likeness (QED) is 0.624. The molecule has 0 aliphatic heterocycles. The zero-order chi connectivity index (χ0) is 14.4. The summed E-state index contributed by atoms with van der Waals surface area (Å²) in [5.41, 5.74) is 7.61. The average molecular weight is 266 g/mol. The first-order chi connectivity index (χ1) is 9.01. The highest BCUT2D eigenvalue weighted by atomic mass is 16.5. The van der Waals surface area contributed by atoms with Crippen LogP contribution >= 0.6 is 0 Å². The highest BCUT2D eigenvalue weighted by Gasteiger charge is 2.18. The van der Waals surface area contributed by atoms with Crippen LogP contribution in [-0.2, 0) is 16.0 Å². The van der Waals surface area contributed by atoms with Crippen molar-refractivity contribution in [1.29, 1.82) is 0 Å². The summed E-state index contributed by atoms with van der Waals surface area (Å²) in [4.78, 5) is 13.9. The molecule has 5 heteroatoms. The zero-order valence-corrected chi connectivity index (χ0v) is 12.0. The Kier molecular flexibility index (Phi) is 5.79. The Bertz CT molecular complexity index is 435. The molecule has 0 fully saturated rings. The Morgan fingerprint density at radius 3 is 2.68 bits per heavy atom. The minimum absolute atomic E-state index is 0.247. The third-order valence-corrected chi connectivity index (χ3v) is 3.15. The highest BCUT2D eigenvalue weighted by molar-refractivity contribution is 5.96. The topological polar surface area (TPSA) is 64.8 Å². The van der Waals surface area contributed by atoms with Crippen LogP contribution in [0.3, 0.4) is 0 Å².